The molecule has 0 radical (unpaired) electrons. The van der Waals surface area contributed by atoms with Crippen LogP contribution < -0.4 is 0 Å². The Hall–Kier alpha value is -0.120. The van der Waals surface area contributed by atoms with E-state index in [1.807, 2.05) is 0 Å². The molecule has 84 valence electrons. The molecule has 1 N–H and O–H groups in total. The Labute approximate surface area is 87.1 Å². The van der Waals surface area contributed by atoms with Gasteiger partial charge >= 0.3 is 0 Å². The van der Waals surface area contributed by atoms with Crippen molar-refractivity contribution in [3.05, 3.63) is 0 Å². The molecule has 1 saturated heterocycles. The van der Waals surface area contributed by atoms with Crippen LogP contribution >= 0.6 is 0 Å². The van der Waals surface area contributed by atoms with E-state index < -0.39 is 0 Å². The van der Waals surface area contributed by atoms with Crippen molar-refractivity contribution in [2.75, 3.05) is 32.9 Å². The van der Waals surface area contributed by atoms with Gasteiger partial charge in [-0.2, -0.15) is 0 Å². The van der Waals surface area contributed by atoms with Gasteiger partial charge in [0, 0.05) is 24.6 Å². The van der Waals surface area contributed by atoms with Crippen molar-refractivity contribution < 1.29 is 9.84 Å². The lowest BCUT2D eigenvalue weighted by Crippen LogP contribution is -2.43. The first-order valence-corrected chi connectivity index (χ1v) is 5.56. The van der Waals surface area contributed by atoms with Gasteiger partial charge in [0.05, 0.1) is 13.2 Å². The highest BCUT2D eigenvalue weighted by Crippen LogP contribution is 2.29. The van der Waals surface area contributed by atoms with Crippen LogP contribution in [0.5, 0.6) is 0 Å². The highest BCUT2D eigenvalue weighted by molar-refractivity contribution is 4.86. The largest absolute Gasteiger partial charge is 0.396 e. The average Bonchev–Trinajstić information content (AvgIpc) is 2.63. The van der Waals surface area contributed by atoms with Crippen molar-refractivity contribution in [1.29, 1.82) is 0 Å². The zero-order valence-corrected chi connectivity index (χ0v) is 9.62. The van der Waals surface area contributed by atoms with E-state index in [9.17, 15) is 5.11 Å². The van der Waals surface area contributed by atoms with E-state index in [1.165, 1.54) is 0 Å². The van der Waals surface area contributed by atoms with Crippen LogP contribution in [0.2, 0.25) is 0 Å². The fourth-order valence-electron chi connectivity index (χ4n) is 2.04. The molecule has 0 aromatic heterocycles. The molecule has 1 aliphatic heterocycles. The smallest absolute Gasteiger partial charge is 0.0557 e. The van der Waals surface area contributed by atoms with Crippen molar-refractivity contribution in [2.45, 2.75) is 33.2 Å². The van der Waals surface area contributed by atoms with Crippen LogP contribution in [-0.4, -0.2) is 49.0 Å². The van der Waals surface area contributed by atoms with E-state index in [1.54, 1.807) is 0 Å². The minimum atomic E-state index is 0.000278. The Balaban J connectivity index is 2.53. The van der Waals surface area contributed by atoms with Gasteiger partial charge < -0.3 is 14.7 Å². The third kappa shape index (κ3) is 2.69. The normalized spacial score (nSPS) is 27.9. The number of aliphatic hydroxyl groups is 1. The molecule has 0 aromatic carbocycles. The van der Waals surface area contributed by atoms with Gasteiger partial charge in [-0.05, 0) is 26.8 Å². The van der Waals surface area contributed by atoms with Crippen LogP contribution in [0.4, 0.5) is 0 Å². The summed E-state index contributed by atoms with van der Waals surface area (Å²) in [7, 11) is 0. The quantitative estimate of drug-likeness (QED) is 0.723. The van der Waals surface area contributed by atoms with Crippen molar-refractivity contribution in [3.8, 4) is 0 Å². The van der Waals surface area contributed by atoms with Gasteiger partial charge in [-0.1, -0.05) is 6.92 Å². The Morgan fingerprint density at radius 3 is 2.57 bits per heavy atom. The first-order valence-electron chi connectivity index (χ1n) is 5.56. The molecule has 0 amide bonds. The second kappa shape index (κ2) is 5.10. The molecular formula is C11H23NO2. The van der Waals surface area contributed by atoms with E-state index >= 15 is 0 Å². The number of rotatable bonds is 5. The van der Waals surface area contributed by atoms with E-state index in [4.69, 9.17) is 4.74 Å². The SMILES string of the molecule is CCN(CC1(CO)CCOC1)C(C)C. The van der Waals surface area contributed by atoms with E-state index in [2.05, 4.69) is 25.7 Å². The van der Waals surface area contributed by atoms with Gasteiger partial charge in [0.25, 0.3) is 0 Å². The van der Waals surface area contributed by atoms with Gasteiger partial charge in [-0.25, -0.2) is 0 Å². The van der Waals surface area contributed by atoms with Crippen LogP contribution in [-0.2, 0) is 4.74 Å². The summed E-state index contributed by atoms with van der Waals surface area (Å²) in [6.45, 7) is 10.3. The van der Waals surface area contributed by atoms with Gasteiger partial charge in [-0.3, -0.25) is 0 Å². The lowest BCUT2D eigenvalue weighted by Gasteiger charge is -2.34. The van der Waals surface area contributed by atoms with Gasteiger partial charge in [-0.15, -0.1) is 0 Å². The fraction of sp³-hybridized carbons (Fsp3) is 1.00. The maximum Gasteiger partial charge on any atom is 0.0557 e. The second-order valence-electron chi connectivity index (χ2n) is 4.62. The zero-order chi connectivity index (χ0) is 10.6. The number of nitrogens with zero attached hydrogens (tertiary/aromatic N) is 1. The Morgan fingerprint density at radius 2 is 2.21 bits per heavy atom. The number of aliphatic hydroxyl groups excluding tert-OH is 1. The molecule has 0 spiro atoms. The summed E-state index contributed by atoms with van der Waals surface area (Å²) in [5, 5.41) is 9.44. The van der Waals surface area contributed by atoms with Crippen molar-refractivity contribution in [3.63, 3.8) is 0 Å². The molecule has 3 nitrogen and oxygen atoms in total. The molecule has 1 unspecified atom stereocenters. The van der Waals surface area contributed by atoms with Crippen LogP contribution in [0.3, 0.4) is 0 Å². The molecule has 14 heavy (non-hydrogen) atoms. The highest BCUT2D eigenvalue weighted by atomic mass is 16.5. The number of hydrogen-bond donors (Lipinski definition) is 1. The average molecular weight is 201 g/mol. The predicted octanol–water partition coefficient (Wildman–Crippen LogP) is 1.12. The predicted molar refractivity (Wildman–Crippen MR) is 57.3 cm³/mol. The Kier molecular flexibility index (Phi) is 4.35. The van der Waals surface area contributed by atoms with Crippen LogP contribution in [0.25, 0.3) is 0 Å². The molecule has 1 heterocycles. The summed E-state index contributed by atoms with van der Waals surface area (Å²) in [6.07, 6.45) is 0.993. The molecule has 0 aromatic rings. The van der Waals surface area contributed by atoms with E-state index in [-0.39, 0.29) is 12.0 Å². The lowest BCUT2D eigenvalue weighted by atomic mass is 9.87. The molecule has 0 saturated carbocycles. The minimum Gasteiger partial charge on any atom is -0.396 e. The van der Waals surface area contributed by atoms with Crippen LogP contribution in [0.1, 0.15) is 27.2 Å². The Bertz CT molecular complexity index is 165. The van der Waals surface area contributed by atoms with Gasteiger partial charge in [0.1, 0.15) is 0 Å². The van der Waals surface area contributed by atoms with Crippen molar-refractivity contribution >= 4 is 0 Å². The first-order chi connectivity index (χ1) is 6.63. The van der Waals surface area contributed by atoms with Crippen LogP contribution in [0.15, 0.2) is 0 Å². The summed E-state index contributed by atoms with van der Waals surface area (Å²) in [4.78, 5) is 2.39. The summed E-state index contributed by atoms with van der Waals surface area (Å²) in [5.41, 5.74) is 0.000278. The van der Waals surface area contributed by atoms with Crippen molar-refractivity contribution in [1.82, 2.24) is 4.90 Å². The topological polar surface area (TPSA) is 32.7 Å². The fourth-order valence-corrected chi connectivity index (χ4v) is 2.04. The molecular weight excluding hydrogens is 178 g/mol. The molecule has 0 aliphatic carbocycles. The van der Waals surface area contributed by atoms with Crippen LogP contribution in [0, 0.1) is 5.41 Å². The van der Waals surface area contributed by atoms with Gasteiger partial charge in [0.15, 0.2) is 0 Å². The zero-order valence-electron chi connectivity index (χ0n) is 9.62. The van der Waals surface area contributed by atoms with Crippen molar-refractivity contribution in [2.24, 2.45) is 5.41 Å². The molecule has 1 fully saturated rings. The van der Waals surface area contributed by atoms with E-state index in [0.717, 1.165) is 26.1 Å². The third-order valence-corrected chi connectivity index (χ3v) is 3.20. The second-order valence-corrected chi connectivity index (χ2v) is 4.62. The summed E-state index contributed by atoms with van der Waals surface area (Å²) >= 11 is 0. The van der Waals surface area contributed by atoms with Gasteiger partial charge in [0.2, 0.25) is 0 Å². The summed E-state index contributed by atoms with van der Waals surface area (Å²) < 4.78 is 5.39. The highest BCUT2D eigenvalue weighted by Gasteiger charge is 2.36. The maximum absolute atomic E-state index is 9.44. The minimum absolute atomic E-state index is 0.000278. The molecule has 3 heteroatoms. The molecule has 1 rings (SSSR count). The standard InChI is InChI=1S/C11H23NO2/c1-4-12(10(2)3)7-11(8-13)5-6-14-9-11/h10,13H,4-9H2,1-3H3. The monoisotopic (exact) mass is 201 g/mol. The number of ether oxygens (including phenoxy) is 1. The first kappa shape index (κ1) is 12.0. The Morgan fingerprint density at radius 1 is 1.50 bits per heavy atom. The lowest BCUT2D eigenvalue weighted by molar-refractivity contribution is 0.0485. The summed E-state index contributed by atoms with van der Waals surface area (Å²) in [6, 6.07) is 0.545. The van der Waals surface area contributed by atoms with E-state index in [0.29, 0.717) is 12.6 Å². The third-order valence-electron chi connectivity index (χ3n) is 3.20. The molecule has 0 bridgehead atoms. The summed E-state index contributed by atoms with van der Waals surface area (Å²) in [5.74, 6) is 0. The maximum atomic E-state index is 9.44. The molecule has 1 atom stereocenters. The molecule has 1 aliphatic rings. The number of hydrogen-bond acceptors (Lipinski definition) is 3.